The van der Waals surface area contributed by atoms with Gasteiger partial charge in [-0.2, -0.15) is 13.2 Å². The highest BCUT2D eigenvalue weighted by molar-refractivity contribution is 9.10. The van der Waals surface area contributed by atoms with E-state index in [1.165, 1.54) is 6.07 Å². The molecule has 2 aliphatic heterocycles. The normalized spacial score (nSPS) is 17.9. The van der Waals surface area contributed by atoms with Gasteiger partial charge in [-0.1, -0.05) is 0 Å². The number of benzene rings is 1. The predicted molar refractivity (Wildman–Crippen MR) is 119 cm³/mol. The molecule has 0 atom stereocenters. The number of amides is 1. The van der Waals surface area contributed by atoms with Gasteiger partial charge in [0.25, 0.3) is 5.91 Å². The van der Waals surface area contributed by atoms with Crippen molar-refractivity contribution in [3.63, 3.8) is 0 Å². The van der Waals surface area contributed by atoms with E-state index in [9.17, 15) is 22.4 Å². The summed E-state index contributed by atoms with van der Waals surface area (Å²) in [7, 11) is 0. The second-order valence-electron chi connectivity index (χ2n) is 8.06. The molecule has 1 amide bonds. The first-order valence-corrected chi connectivity index (χ1v) is 11.2. The fourth-order valence-corrected chi connectivity index (χ4v) is 4.84. The molecule has 3 N–H and O–H groups in total. The minimum atomic E-state index is -4.62. The van der Waals surface area contributed by atoms with Gasteiger partial charge in [0.15, 0.2) is 0 Å². The molecule has 0 saturated carbocycles. The molecule has 1 fully saturated rings. The Morgan fingerprint density at radius 3 is 2.66 bits per heavy atom. The number of likely N-dealkylation sites (tertiary alicyclic amines) is 1. The molecule has 0 unspecified atom stereocenters. The number of hydrogen-bond acceptors (Lipinski definition) is 3. The quantitative estimate of drug-likeness (QED) is 0.291. The minimum Gasteiger partial charge on any atom is -0.358 e. The maximum absolute atomic E-state index is 14.0. The van der Waals surface area contributed by atoms with Crippen molar-refractivity contribution >= 4 is 39.2 Å². The Balaban J connectivity index is 1.64. The third kappa shape index (κ3) is 4.62. The van der Waals surface area contributed by atoms with Gasteiger partial charge in [-0.15, -0.1) is 0 Å². The fraction of sp³-hybridized carbons (Fsp3) is 0.409. The van der Waals surface area contributed by atoms with Crippen molar-refractivity contribution < 1.29 is 22.4 Å². The molecule has 4 rings (SSSR count). The summed E-state index contributed by atoms with van der Waals surface area (Å²) in [6, 6.07) is 2.32. The first kappa shape index (κ1) is 23.0. The second-order valence-corrected chi connectivity index (χ2v) is 8.92. The lowest BCUT2D eigenvalue weighted by atomic mass is 10.0. The third-order valence-electron chi connectivity index (χ3n) is 5.85. The highest BCUT2D eigenvalue weighted by Crippen LogP contribution is 2.42. The van der Waals surface area contributed by atoms with Crippen LogP contribution in [-0.2, 0) is 17.5 Å². The van der Waals surface area contributed by atoms with E-state index in [-0.39, 0.29) is 28.9 Å². The number of aromatic amines is 1. The zero-order valence-corrected chi connectivity index (χ0v) is 19.0. The predicted octanol–water partition coefficient (Wildman–Crippen LogP) is 4.92. The molecule has 172 valence electrons. The summed E-state index contributed by atoms with van der Waals surface area (Å²) in [6.07, 6.45) is -1.16. The molecule has 2 aromatic rings. The highest BCUT2D eigenvalue weighted by atomic mass is 79.9. The summed E-state index contributed by atoms with van der Waals surface area (Å²) in [5, 5.41) is 5.69. The van der Waals surface area contributed by atoms with Crippen LogP contribution in [0.4, 0.5) is 23.2 Å². The van der Waals surface area contributed by atoms with E-state index in [1.807, 2.05) is 0 Å². The van der Waals surface area contributed by atoms with Crippen LogP contribution in [0.2, 0.25) is 0 Å². The number of nitrogens with one attached hydrogen (secondary N) is 3. The van der Waals surface area contributed by atoms with Gasteiger partial charge in [0.05, 0.1) is 22.5 Å². The number of aromatic nitrogens is 1. The summed E-state index contributed by atoms with van der Waals surface area (Å²) in [4.78, 5) is 17.5. The number of hydrogen-bond donors (Lipinski definition) is 3. The number of halogens is 5. The van der Waals surface area contributed by atoms with Crippen LogP contribution in [0.25, 0.3) is 11.6 Å². The van der Waals surface area contributed by atoms with Gasteiger partial charge in [0.1, 0.15) is 5.82 Å². The number of nitrogens with zero attached hydrogens (tertiary/aromatic N) is 1. The molecule has 10 heteroatoms. The number of aryl methyl sites for hydroxylation is 1. The van der Waals surface area contributed by atoms with E-state index in [0.29, 0.717) is 22.4 Å². The molecule has 0 spiro atoms. The SMILES string of the molecule is Cc1[nH]c(/C=C2\C(=O)Nc3c(Br)cc(F)cc32)c(C(F)(F)F)c1CNCCN1CCCC1. The number of fused-ring (bicyclic) bond motifs is 1. The number of carbonyl (C=O) groups is 1. The Morgan fingerprint density at radius 2 is 1.97 bits per heavy atom. The van der Waals surface area contributed by atoms with Crippen LogP contribution in [0.3, 0.4) is 0 Å². The molecule has 32 heavy (non-hydrogen) atoms. The van der Waals surface area contributed by atoms with Gasteiger partial charge in [-0.05, 0) is 72.6 Å². The van der Waals surface area contributed by atoms with E-state index in [0.717, 1.165) is 44.6 Å². The Morgan fingerprint density at radius 1 is 1.25 bits per heavy atom. The van der Waals surface area contributed by atoms with Gasteiger partial charge < -0.3 is 20.5 Å². The summed E-state index contributed by atoms with van der Waals surface area (Å²) < 4.78 is 56.3. The first-order chi connectivity index (χ1) is 15.1. The van der Waals surface area contributed by atoms with Crippen LogP contribution in [-0.4, -0.2) is 42.0 Å². The van der Waals surface area contributed by atoms with Crippen molar-refractivity contribution in [3.05, 3.63) is 50.5 Å². The third-order valence-corrected chi connectivity index (χ3v) is 6.48. The van der Waals surface area contributed by atoms with Crippen molar-refractivity contribution in [1.29, 1.82) is 0 Å². The maximum atomic E-state index is 14.0. The van der Waals surface area contributed by atoms with Crippen LogP contribution in [0.15, 0.2) is 16.6 Å². The number of carbonyl (C=O) groups excluding carboxylic acids is 1. The van der Waals surface area contributed by atoms with E-state index >= 15 is 0 Å². The van der Waals surface area contributed by atoms with Crippen molar-refractivity contribution in [2.45, 2.75) is 32.5 Å². The second kappa shape index (κ2) is 8.99. The molecule has 0 aliphatic carbocycles. The van der Waals surface area contributed by atoms with Crippen LogP contribution < -0.4 is 10.6 Å². The Kier molecular flexibility index (Phi) is 6.46. The lowest BCUT2D eigenvalue weighted by molar-refractivity contribution is -0.138. The maximum Gasteiger partial charge on any atom is 0.418 e. The fourth-order valence-electron chi connectivity index (χ4n) is 4.30. The summed E-state index contributed by atoms with van der Waals surface area (Å²) >= 11 is 3.18. The standard InChI is InChI=1S/C22H23BrF4N4O/c1-12-16(11-28-4-7-31-5-2-3-6-31)19(22(25,26)27)18(29-12)10-15-14-8-13(24)9-17(23)20(14)30-21(15)32/h8-10,28-29H,2-7,11H2,1H3,(H,30,32)/b15-10-. The Labute approximate surface area is 191 Å². The summed E-state index contributed by atoms with van der Waals surface area (Å²) in [6.45, 7) is 5.05. The molecule has 5 nitrogen and oxygen atoms in total. The van der Waals surface area contributed by atoms with Crippen LogP contribution in [0, 0.1) is 12.7 Å². The molecule has 1 saturated heterocycles. The van der Waals surface area contributed by atoms with Gasteiger partial charge in [0.2, 0.25) is 0 Å². The highest BCUT2D eigenvalue weighted by Gasteiger charge is 2.39. The molecule has 0 radical (unpaired) electrons. The van der Waals surface area contributed by atoms with Crippen molar-refractivity contribution in [2.75, 3.05) is 31.5 Å². The summed E-state index contributed by atoms with van der Waals surface area (Å²) in [5.41, 5.74) is -0.0179. The van der Waals surface area contributed by atoms with Crippen LogP contribution >= 0.6 is 15.9 Å². The monoisotopic (exact) mass is 514 g/mol. The summed E-state index contributed by atoms with van der Waals surface area (Å²) in [5.74, 6) is -1.18. The largest absolute Gasteiger partial charge is 0.418 e. The van der Waals surface area contributed by atoms with E-state index in [4.69, 9.17) is 0 Å². The van der Waals surface area contributed by atoms with Gasteiger partial charge in [-0.25, -0.2) is 4.39 Å². The van der Waals surface area contributed by atoms with E-state index in [2.05, 4.69) is 36.4 Å². The average Bonchev–Trinajstić information content (AvgIpc) is 3.39. The minimum absolute atomic E-state index is 0.0273. The lowest BCUT2D eigenvalue weighted by Crippen LogP contribution is -2.30. The topological polar surface area (TPSA) is 60.2 Å². The Bertz CT molecular complexity index is 1070. The van der Waals surface area contributed by atoms with E-state index < -0.39 is 23.5 Å². The first-order valence-electron chi connectivity index (χ1n) is 10.4. The van der Waals surface area contributed by atoms with E-state index in [1.54, 1.807) is 6.92 Å². The van der Waals surface area contributed by atoms with Crippen molar-refractivity contribution in [1.82, 2.24) is 15.2 Å². The molecule has 2 aliphatic rings. The molecule has 1 aromatic heterocycles. The van der Waals surface area contributed by atoms with Crippen LogP contribution in [0.5, 0.6) is 0 Å². The smallest absolute Gasteiger partial charge is 0.358 e. The molecular weight excluding hydrogens is 492 g/mol. The molecule has 0 bridgehead atoms. The number of H-pyrrole nitrogens is 1. The van der Waals surface area contributed by atoms with Crippen LogP contribution in [0.1, 0.15) is 40.9 Å². The number of alkyl halides is 3. The van der Waals surface area contributed by atoms with Crippen molar-refractivity contribution in [3.8, 4) is 0 Å². The van der Waals surface area contributed by atoms with Gasteiger partial charge >= 0.3 is 6.18 Å². The zero-order chi connectivity index (χ0) is 23.0. The number of anilines is 1. The van der Waals surface area contributed by atoms with Crippen molar-refractivity contribution in [2.24, 2.45) is 0 Å². The molecular formula is C22H23BrF4N4O. The van der Waals surface area contributed by atoms with Gasteiger partial charge in [0, 0.05) is 35.4 Å². The number of rotatable bonds is 6. The Hall–Kier alpha value is -2.17. The lowest BCUT2D eigenvalue weighted by Gasteiger charge is -2.15. The zero-order valence-electron chi connectivity index (χ0n) is 17.4. The average molecular weight is 515 g/mol. The molecule has 3 heterocycles. The molecule has 1 aromatic carbocycles. The van der Waals surface area contributed by atoms with Gasteiger partial charge in [-0.3, -0.25) is 4.79 Å².